The fourth-order valence-corrected chi connectivity index (χ4v) is 2.78. The van der Waals surface area contributed by atoms with Gasteiger partial charge in [0.05, 0.1) is 20.4 Å². The number of carbonyl (C=O) groups excluding carboxylic acids is 1. The van der Waals surface area contributed by atoms with Crippen LogP contribution in [0.4, 0.5) is 9.18 Å². The number of nitrogens with zero attached hydrogens (tertiary/aromatic N) is 2. The van der Waals surface area contributed by atoms with E-state index in [0.29, 0.717) is 36.6 Å². The highest BCUT2D eigenvalue weighted by atomic mass is 19.1. The normalized spacial score (nSPS) is 13.4. The second-order valence-electron chi connectivity index (χ2n) is 5.79. The molecule has 0 atom stereocenters. The topological polar surface area (TPSA) is 60.4 Å². The first-order chi connectivity index (χ1) is 12.6. The van der Waals surface area contributed by atoms with Gasteiger partial charge in [0.1, 0.15) is 5.82 Å². The molecule has 0 bridgehead atoms. The molecule has 0 radical (unpaired) electrons. The monoisotopic (exact) mass is 358 g/mol. The second-order valence-corrected chi connectivity index (χ2v) is 5.79. The molecule has 0 aromatic heterocycles. The van der Waals surface area contributed by atoms with Crippen LogP contribution in [0.1, 0.15) is 16.7 Å². The maximum absolute atomic E-state index is 12.8. The van der Waals surface area contributed by atoms with Crippen LogP contribution in [0.5, 0.6) is 11.5 Å². The molecular weight excluding hydrogens is 339 g/mol. The van der Waals surface area contributed by atoms with E-state index in [1.807, 2.05) is 12.1 Å². The van der Waals surface area contributed by atoms with Crippen molar-refractivity contribution in [2.45, 2.75) is 13.0 Å². The van der Waals surface area contributed by atoms with Gasteiger partial charge in [0.2, 0.25) is 0 Å². The molecule has 6 nitrogen and oxygen atoms in total. The number of ether oxygens (including phenoxy) is 2. The number of hydrogen-bond acceptors (Lipinski definition) is 5. The van der Waals surface area contributed by atoms with Crippen LogP contribution in [0, 0.1) is 5.82 Å². The molecule has 0 unspecified atom stereocenters. The summed E-state index contributed by atoms with van der Waals surface area (Å²) >= 11 is 0. The predicted molar refractivity (Wildman–Crippen MR) is 94.1 cm³/mol. The number of fused-ring (bicyclic) bond motifs is 1. The minimum Gasteiger partial charge on any atom is -0.493 e. The van der Waals surface area contributed by atoms with Gasteiger partial charge >= 0.3 is 6.09 Å². The zero-order valence-electron chi connectivity index (χ0n) is 14.6. The third-order valence-corrected chi connectivity index (χ3v) is 4.18. The van der Waals surface area contributed by atoms with Crippen LogP contribution in [-0.4, -0.2) is 38.0 Å². The number of halogens is 1. The summed E-state index contributed by atoms with van der Waals surface area (Å²) in [7, 11) is 3.17. The van der Waals surface area contributed by atoms with Crippen LogP contribution in [0.15, 0.2) is 41.6 Å². The first-order valence-electron chi connectivity index (χ1n) is 8.09. The quantitative estimate of drug-likeness (QED) is 0.478. The molecule has 0 spiro atoms. The molecule has 1 aliphatic heterocycles. The fourth-order valence-electron chi connectivity index (χ4n) is 2.78. The van der Waals surface area contributed by atoms with Crippen LogP contribution in [-0.2, 0) is 17.8 Å². The molecule has 0 fully saturated rings. The van der Waals surface area contributed by atoms with Crippen molar-refractivity contribution in [2.24, 2.45) is 5.16 Å². The lowest BCUT2D eigenvalue weighted by Gasteiger charge is -2.27. The van der Waals surface area contributed by atoms with Gasteiger partial charge in [-0.05, 0) is 47.4 Å². The van der Waals surface area contributed by atoms with E-state index in [9.17, 15) is 9.18 Å². The number of methoxy groups -OCH3 is 2. The van der Waals surface area contributed by atoms with Gasteiger partial charge in [-0.25, -0.2) is 9.18 Å². The Balaban J connectivity index is 1.64. The van der Waals surface area contributed by atoms with Crippen LogP contribution >= 0.6 is 0 Å². The maximum Gasteiger partial charge on any atom is 0.436 e. The zero-order chi connectivity index (χ0) is 18.5. The molecule has 0 saturated carbocycles. The summed E-state index contributed by atoms with van der Waals surface area (Å²) in [4.78, 5) is 18.7. The maximum atomic E-state index is 12.8. The first-order valence-corrected chi connectivity index (χ1v) is 8.09. The summed E-state index contributed by atoms with van der Waals surface area (Å²) in [5, 5.41) is 3.68. The molecule has 26 heavy (non-hydrogen) atoms. The van der Waals surface area contributed by atoms with Gasteiger partial charge in [-0.15, -0.1) is 0 Å². The van der Waals surface area contributed by atoms with Gasteiger partial charge in [-0.2, -0.15) is 0 Å². The van der Waals surface area contributed by atoms with Crippen LogP contribution < -0.4 is 9.47 Å². The lowest BCUT2D eigenvalue weighted by atomic mass is 9.99. The lowest BCUT2D eigenvalue weighted by molar-refractivity contribution is 0.101. The molecular formula is C19H19FN2O4. The minimum absolute atomic E-state index is 0.335. The Morgan fingerprint density at radius 3 is 2.42 bits per heavy atom. The number of oxime groups is 1. The van der Waals surface area contributed by atoms with Gasteiger partial charge in [0.25, 0.3) is 0 Å². The van der Waals surface area contributed by atoms with Gasteiger partial charge in [-0.3, -0.25) is 4.84 Å². The third-order valence-electron chi connectivity index (χ3n) is 4.18. The van der Waals surface area contributed by atoms with E-state index in [-0.39, 0.29) is 5.82 Å². The van der Waals surface area contributed by atoms with E-state index in [4.69, 9.17) is 14.3 Å². The van der Waals surface area contributed by atoms with E-state index in [2.05, 4.69) is 5.16 Å². The number of amides is 1. The van der Waals surface area contributed by atoms with Gasteiger partial charge < -0.3 is 14.4 Å². The summed E-state index contributed by atoms with van der Waals surface area (Å²) < 4.78 is 23.5. The molecule has 2 aromatic carbocycles. The standard InChI is InChI=1S/C19H19FN2O4/c1-24-17-9-14-7-8-22(12-15(14)10-18(17)25-2)19(23)26-21-11-13-3-5-16(20)6-4-13/h3-6,9-11H,7-8,12H2,1-2H3/b21-11+. The summed E-state index contributed by atoms with van der Waals surface area (Å²) in [6.07, 6.45) is 1.51. The van der Waals surface area contributed by atoms with Crippen molar-refractivity contribution in [3.8, 4) is 11.5 Å². The van der Waals surface area contributed by atoms with E-state index in [1.165, 1.54) is 18.3 Å². The first kappa shape index (κ1) is 17.7. The molecule has 1 amide bonds. The van der Waals surface area contributed by atoms with Crippen LogP contribution in [0.25, 0.3) is 0 Å². The Morgan fingerprint density at radius 2 is 1.77 bits per heavy atom. The molecule has 3 rings (SSSR count). The zero-order valence-corrected chi connectivity index (χ0v) is 14.6. The van der Waals surface area contributed by atoms with E-state index in [1.54, 1.807) is 31.3 Å². The Kier molecular flexibility index (Phi) is 5.36. The highest BCUT2D eigenvalue weighted by Gasteiger charge is 2.24. The van der Waals surface area contributed by atoms with Crippen LogP contribution in [0.3, 0.4) is 0 Å². The van der Waals surface area contributed by atoms with Crippen molar-refractivity contribution in [1.82, 2.24) is 4.90 Å². The molecule has 0 aliphatic carbocycles. The van der Waals surface area contributed by atoms with Crippen molar-refractivity contribution in [3.05, 3.63) is 58.9 Å². The van der Waals surface area contributed by atoms with Gasteiger partial charge in [0.15, 0.2) is 11.5 Å². The number of rotatable bonds is 4. The van der Waals surface area contributed by atoms with Gasteiger partial charge in [0, 0.05) is 13.1 Å². The van der Waals surface area contributed by atoms with Crippen molar-refractivity contribution in [3.63, 3.8) is 0 Å². The molecule has 1 aliphatic rings. The Hall–Kier alpha value is -3.09. The fraction of sp³-hybridized carbons (Fsp3) is 0.263. The number of benzene rings is 2. The van der Waals surface area contributed by atoms with Gasteiger partial charge in [-0.1, -0.05) is 17.3 Å². The van der Waals surface area contributed by atoms with Crippen molar-refractivity contribution < 1.29 is 23.5 Å². The molecule has 2 aromatic rings. The SMILES string of the molecule is COc1cc2c(cc1OC)CN(C(=O)O/N=C/c1ccc(F)cc1)CC2. The third kappa shape index (κ3) is 3.93. The smallest absolute Gasteiger partial charge is 0.436 e. The molecule has 0 N–H and O–H groups in total. The minimum atomic E-state index is -0.538. The summed E-state index contributed by atoms with van der Waals surface area (Å²) in [6.45, 7) is 0.925. The predicted octanol–water partition coefficient (Wildman–Crippen LogP) is 3.37. The molecule has 1 heterocycles. The Bertz CT molecular complexity index is 821. The summed E-state index contributed by atoms with van der Waals surface area (Å²) in [6, 6.07) is 9.52. The molecule has 136 valence electrons. The number of carbonyl (C=O) groups is 1. The average Bonchev–Trinajstić information content (AvgIpc) is 2.67. The largest absolute Gasteiger partial charge is 0.493 e. The molecule has 7 heteroatoms. The number of hydrogen-bond donors (Lipinski definition) is 0. The van der Waals surface area contributed by atoms with E-state index >= 15 is 0 Å². The average molecular weight is 358 g/mol. The molecule has 0 saturated heterocycles. The van der Waals surface area contributed by atoms with E-state index < -0.39 is 6.09 Å². The Labute approximate surface area is 150 Å². The summed E-state index contributed by atoms with van der Waals surface area (Å²) in [5.74, 6) is 0.958. The van der Waals surface area contributed by atoms with E-state index in [0.717, 1.165) is 11.1 Å². The van der Waals surface area contributed by atoms with Crippen molar-refractivity contribution in [1.29, 1.82) is 0 Å². The van der Waals surface area contributed by atoms with Crippen molar-refractivity contribution >= 4 is 12.3 Å². The highest BCUT2D eigenvalue weighted by Crippen LogP contribution is 2.33. The van der Waals surface area contributed by atoms with Crippen LogP contribution in [0.2, 0.25) is 0 Å². The van der Waals surface area contributed by atoms with Crippen molar-refractivity contribution in [2.75, 3.05) is 20.8 Å². The lowest BCUT2D eigenvalue weighted by Crippen LogP contribution is -2.35. The highest BCUT2D eigenvalue weighted by molar-refractivity contribution is 5.80. The Morgan fingerprint density at radius 1 is 1.12 bits per heavy atom. The second kappa shape index (κ2) is 7.86. The summed E-state index contributed by atoms with van der Waals surface area (Å²) in [5.41, 5.74) is 2.73.